The van der Waals surface area contributed by atoms with E-state index in [0.29, 0.717) is 0 Å². The van der Waals surface area contributed by atoms with Crippen LogP contribution in [0.1, 0.15) is 17.0 Å². The lowest BCUT2D eigenvalue weighted by Crippen LogP contribution is -2.49. The highest BCUT2D eigenvalue weighted by Crippen LogP contribution is 2.62. The second-order valence-corrected chi connectivity index (χ2v) is 9.16. The Hall–Kier alpha value is 0.990. The number of alkyl halides is 7. The molecule has 0 aromatic heterocycles. The van der Waals surface area contributed by atoms with Crippen molar-refractivity contribution >= 4 is 87.3 Å². The van der Waals surface area contributed by atoms with Crippen LogP contribution in [-0.2, 0) is 0 Å². The molecule has 1 unspecified atom stereocenters. The zero-order chi connectivity index (χ0) is 14.5. The van der Waals surface area contributed by atoms with E-state index in [1.54, 1.807) is 6.08 Å². The third-order valence-electron chi connectivity index (χ3n) is 2.96. The molecule has 0 heterocycles. The van der Waals surface area contributed by atoms with Gasteiger partial charge in [0.15, 0.2) is 8.67 Å². The third kappa shape index (κ3) is 2.71. The summed E-state index contributed by atoms with van der Waals surface area (Å²) < 4.78 is -5.73. The molecular weight excluding hydrogens is 392 g/mol. The first-order valence-electron chi connectivity index (χ1n) is 5.18. The van der Waals surface area contributed by atoms with E-state index in [1.165, 1.54) is 0 Å². The van der Waals surface area contributed by atoms with Crippen molar-refractivity contribution in [3.05, 3.63) is 41.5 Å². The van der Waals surface area contributed by atoms with Crippen LogP contribution in [0.15, 0.2) is 30.3 Å². The lowest BCUT2D eigenvalue weighted by Gasteiger charge is -2.40. The fourth-order valence-corrected chi connectivity index (χ4v) is 3.59. The largest absolute Gasteiger partial charge is 0.226 e. The van der Waals surface area contributed by atoms with Crippen molar-refractivity contribution in [2.24, 2.45) is 0 Å². The molecule has 1 aromatic rings. The number of hydrogen-bond acceptors (Lipinski definition) is 0. The monoisotopic (exact) mass is 396 g/mol. The van der Waals surface area contributed by atoms with Gasteiger partial charge in [0, 0.05) is 5.92 Å². The molecule has 0 saturated heterocycles. The first-order valence-corrected chi connectivity index (χ1v) is 7.83. The molecule has 0 fully saturated rings. The van der Waals surface area contributed by atoms with Crippen LogP contribution in [0.3, 0.4) is 0 Å². The molecular formula is C12H7Cl7. The lowest BCUT2D eigenvalue weighted by molar-refractivity contribution is 0.609. The van der Waals surface area contributed by atoms with E-state index in [0.717, 1.165) is 11.1 Å². The average molecular weight is 399 g/mol. The molecule has 1 aliphatic carbocycles. The van der Waals surface area contributed by atoms with Gasteiger partial charge in [-0.05, 0) is 11.1 Å². The summed E-state index contributed by atoms with van der Waals surface area (Å²) in [6.07, 6.45) is 3.67. The van der Waals surface area contributed by atoms with Crippen molar-refractivity contribution in [1.29, 1.82) is 0 Å². The number of fused-ring (bicyclic) bond motifs is 1. The smallest absolute Gasteiger partial charge is 0.0971 e. The van der Waals surface area contributed by atoms with Gasteiger partial charge in [0.2, 0.25) is 3.79 Å². The molecule has 0 amide bonds. The first kappa shape index (κ1) is 16.4. The number of benzene rings is 1. The quantitative estimate of drug-likeness (QED) is 0.497. The van der Waals surface area contributed by atoms with Gasteiger partial charge in [-0.15, -0.1) is 0 Å². The molecule has 0 N–H and O–H groups in total. The fraction of sp³-hybridized carbons (Fsp3) is 0.333. The third-order valence-corrected chi connectivity index (χ3v) is 6.98. The SMILES string of the molecule is ClC(Cl)(Cl)C(Cl)(Cl)C(Cl)(Cl)C1C=Cc2ccccc21. The summed E-state index contributed by atoms with van der Waals surface area (Å²) in [5.74, 6) is -0.474. The highest BCUT2D eigenvalue weighted by Gasteiger charge is 2.63. The van der Waals surface area contributed by atoms with Gasteiger partial charge in [-0.2, -0.15) is 0 Å². The minimum absolute atomic E-state index is 0.474. The maximum atomic E-state index is 6.34. The van der Waals surface area contributed by atoms with Gasteiger partial charge in [0.05, 0.1) is 0 Å². The van der Waals surface area contributed by atoms with Gasteiger partial charge in [-0.3, -0.25) is 0 Å². The number of hydrogen-bond donors (Lipinski definition) is 0. The van der Waals surface area contributed by atoms with E-state index < -0.39 is 18.4 Å². The standard InChI is InChI=1S/C12H7Cl7/c13-10(14,11(15,16)12(17,18)19)9-6-5-7-3-1-2-4-8(7)9/h1-6,9H. The minimum Gasteiger partial charge on any atom is -0.0971 e. The van der Waals surface area contributed by atoms with E-state index in [1.807, 2.05) is 30.3 Å². The Morgan fingerprint density at radius 2 is 1.42 bits per heavy atom. The molecule has 0 saturated carbocycles. The molecule has 19 heavy (non-hydrogen) atoms. The Bertz CT molecular complexity index is 513. The molecule has 7 heteroatoms. The van der Waals surface area contributed by atoms with Crippen LogP contribution in [0.5, 0.6) is 0 Å². The van der Waals surface area contributed by atoms with Crippen LogP contribution in [0.2, 0.25) is 0 Å². The summed E-state index contributed by atoms with van der Waals surface area (Å²) in [5.41, 5.74) is 1.86. The van der Waals surface area contributed by atoms with Crippen molar-refractivity contribution in [2.75, 3.05) is 0 Å². The van der Waals surface area contributed by atoms with E-state index >= 15 is 0 Å². The molecule has 0 radical (unpaired) electrons. The summed E-state index contributed by atoms with van der Waals surface area (Å²) in [7, 11) is 0. The maximum Gasteiger partial charge on any atom is 0.226 e. The van der Waals surface area contributed by atoms with Crippen molar-refractivity contribution in [3.63, 3.8) is 0 Å². The summed E-state index contributed by atoms with van der Waals surface area (Å²) in [4.78, 5) is 0. The van der Waals surface area contributed by atoms with Crippen molar-refractivity contribution in [1.82, 2.24) is 0 Å². The van der Waals surface area contributed by atoms with Crippen LogP contribution >= 0.6 is 81.2 Å². The van der Waals surface area contributed by atoms with E-state index in [4.69, 9.17) is 81.2 Å². The molecule has 1 aromatic carbocycles. The van der Waals surface area contributed by atoms with Gasteiger partial charge < -0.3 is 0 Å². The minimum atomic E-state index is -2.04. The van der Waals surface area contributed by atoms with Gasteiger partial charge in [-0.1, -0.05) is 118 Å². The Labute approximate surface area is 146 Å². The lowest BCUT2D eigenvalue weighted by atomic mass is 9.95. The van der Waals surface area contributed by atoms with Gasteiger partial charge in [0.1, 0.15) is 0 Å². The fourth-order valence-electron chi connectivity index (χ4n) is 1.95. The summed E-state index contributed by atoms with van der Waals surface area (Å²) in [6, 6.07) is 7.57. The zero-order valence-corrected chi connectivity index (χ0v) is 14.5. The zero-order valence-electron chi connectivity index (χ0n) is 9.19. The van der Waals surface area contributed by atoms with Crippen LogP contribution in [0.25, 0.3) is 6.08 Å². The molecule has 0 spiro atoms. The van der Waals surface area contributed by atoms with Gasteiger partial charge in [-0.25, -0.2) is 0 Å². The van der Waals surface area contributed by atoms with E-state index in [2.05, 4.69) is 0 Å². The highest BCUT2D eigenvalue weighted by molar-refractivity contribution is 6.78. The van der Waals surface area contributed by atoms with Crippen LogP contribution < -0.4 is 0 Å². The topological polar surface area (TPSA) is 0 Å². The maximum absolute atomic E-state index is 6.34. The molecule has 0 nitrogen and oxygen atoms in total. The van der Waals surface area contributed by atoms with Gasteiger partial charge >= 0.3 is 0 Å². The molecule has 104 valence electrons. The Morgan fingerprint density at radius 1 is 0.842 bits per heavy atom. The average Bonchev–Trinajstić information content (AvgIpc) is 2.71. The summed E-state index contributed by atoms with van der Waals surface area (Å²) in [6.45, 7) is 0. The van der Waals surface area contributed by atoms with Crippen LogP contribution in [0.4, 0.5) is 0 Å². The Balaban J connectivity index is 2.46. The van der Waals surface area contributed by atoms with Crippen molar-refractivity contribution in [2.45, 2.75) is 18.4 Å². The number of halogens is 7. The molecule has 1 aliphatic rings. The second kappa shape index (κ2) is 5.32. The summed E-state index contributed by atoms with van der Waals surface area (Å²) in [5, 5.41) is 0. The number of rotatable bonds is 2. The predicted molar refractivity (Wildman–Crippen MR) is 87.4 cm³/mol. The Kier molecular flexibility index (Phi) is 4.58. The molecule has 1 atom stereocenters. The number of allylic oxidation sites excluding steroid dienone is 1. The van der Waals surface area contributed by atoms with Crippen LogP contribution in [-0.4, -0.2) is 12.5 Å². The van der Waals surface area contributed by atoms with Gasteiger partial charge in [0.25, 0.3) is 0 Å². The predicted octanol–water partition coefficient (Wildman–Crippen LogP) is 6.52. The van der Waals surface area contributed by atoms with E-state index in [9.17, 15) is 0 Å². The summed E-state index contributed by atoms with van der Waals surface area (Å²) >= 11 is 42.3. The van der Waals surface area contributed by atoms with Crippen molar-refractivity contribution in [3.8, 4) is 0 Å². The van der Waals surface area contributed by atoms with E-state index in [-0.39, 0.29) is 0 Å². The molecule has 0 aliphatic heterocycles. The molecule has 2 rings (SSSR count). The first-order chi connectivity index (χ1) is 8.59. The normalized spacial score (nSPS) is 19.6. The van der Waals surface area contributed by atoms with Crippen molar-refractivity contribution < 1.29 is 0 Å². The van der Waals surface area contributed by atoms with Crippen LogP contribution in [0, 0.1) is 0 Å². The Morgan fingerprint density at radius 3 is 2.00 bits per heavy atom. The second-order valence-electron chi connectivity index (χ2n) is 4.16. The molecule has 0 bridgehead atoms. The highest BCUT2D eigenvalue weighted by atomic mass is 35.6.